The van der Waals surface area contributed by atoms with Gasteiger partial charge in [0.15, 0.2) is 5.13 Å². The van der Waals surface area contributed by atoms with Crippen LogP contribution in [0.5, 0.6) is 0 Å². The maximum absolute atomic E-state index is 12.2. The van der Waals surface area contributed by atoms with Crippen molar-refractivity contribution < 1.29 is 9.59 Å². The molecule has 0 aliphatic carbocycles. The van der Waals surface area contributed by atoms with Gasteiger partial charge in [0.25, 0.3) is 5.91 Å². The van der Waals surface area contributed by atoms with Crippen molar-refractivity contribution in [3.8, 4) is 11.3 Å². The molecule has 0 aliphatic heterocycles. The van der Waals surface area contributed by atoms with Crippen molar-refractivity contribution in [2.45, 2.75) is 13.8 Å². The molecule has 0 saturated heterocycles. The maximum atomic E-state index is 12.2. The van der Waals surface area contributed by atoms with Crippen molar-refractivity contribution >= 4 is 51.5 Å². The molecule has 2 N–H and O–H groups in total. The third kappa shape index (κ3) is 4.90. The van der Waals surface area contributed by atoms with Gasteiger partial charge in [-0.25, -0.2) is 4.98 Å². The first-order chi connectivity index (χ1) is 13.3. The highest BCUT2D eigenvalue weighted by Crippen LogP contribution is 2.28. The molecule has 0 spiro atoms. The van der Waals surface area contributed by atoms with Gasteiger partial charge in [0, 0.05) is 16.0 Å². The summed E-state index contributed by atoms with van der Waals surface area (Å²) in [6.45, 7) is 3.86. The summed E-state index contributed by atoms with van der Waals surface area (Å²) in [5, 5.41) is 8.24. The number of anilines is 1. The Kier molecular flexibility index (Phi) is 6.34. The van der Waals surface area contributed by atoms with Gasteiger partial charge in [-0.2, -0.15) is 0 Å². The van der Waals surface area contributed by atoms with E-state index < -0.39 is 5.91 Å². The second kappa shape index (κ2) is 8.73. The normalized spacial score (nSPS) is 10.6. The molecule has 3 aromatic rings. The van der Waals surface area contributed by atoms with Gasteiger partial charge in [-0.05, 0) is 37.6 Å². The Balaban J connectivity index is 1.59. The summed E-state index contributed by atoms with van der Waals surface area (Å²) in [5.41, 5.74) is 4.38. The van der Waals surface area contributed by atoms with E-state index in [9.17, 15) is 9.59 Å². The molecule has 2 aromatic carbocycles. The number of hydrogen-bond donors (Lipinski definition) is 2. The first-order valence-electron chi connectivity index (χ1n) is 8.40. The van der Waals surface area contributed by atoms with Crippen LogP contribution in [0.3, 0.4) is 0 Å². The van der Waals surface area contributed by atoms with E-state index in [0.29, 0.717) is 10.2 Å². The SMILES string of the molecule is Cc1ccc(-c2csc(NC(=O)CNC(=O)c3ccc(Cl)cc3Cl)n2)c(C)c1. The zero-order chi connectivity index (χ0) is 20.3. The standard InChI is InChI=1S/C20H17Cl2N3O2S/c1-11-3-5-14(12(2)7-11)17-10-28-20(24-17)25-18(26)9-23-19(27)15-6-4-13(21)8-16(15)22/h3-8,10H,9H2,1-2H3,(H,23,27)(H,24,25,26). The van der Waals surface area contributed by atoms with E-state index in [1.807, 2.05) is 31.4 Å². The summed E-state index contributed by atoms with van der Waals surface area (Å²) in [4.78, 5) is 28.7. The lowest BCUT2D eigenvalue weighted by atomic mass is 10.0. The van der Waals surface area contributed by atoms with Crippen molar-refractivity contribution in [2.75, 3.05) is 11.9 Å². The van der Waals surface area contributed by atoms with Gasteiger partial charge < -0.3 is 10.6 Å². The van der Waals surface area contributed by atoms with Gasteiger partial charge in [-0.1, -0.05) is 47.0 Å². The Morgan fingerprint density at radius 1 is 1.11 bits per heavy atom. The molecule has 2 amide bonds. The lowest BCUT2D eigenvalue weighted by Gasteiger charge is -2.07. The van der Waals surface area contributed by atoms with E-state index >= 15 is 0 Å². The monoisotopic (exact) mass is 433 g/mol. The molecule has 144 valence electrons. The molecule has 0 fully saturated rings. The molecule has 5 nitrogen and oxygen atoms in total. The first kappa shape index (κ1) is 20.3. The minimum absolute atomic E-state index is 0.198. The summed E-state index contributed by atoms with van der Waals surface area (Å²) in [6, 6.07) is 10.7. The third-order valence-corrected chi connectivity index (χ3v) is 5.30. The highest BCUT2D eigenvalue weighted by Gasteiger charge is 2.14. The van der Waals surface area contributed by atoms with E-state index in [4.69, 9.17) is 23.2 Å². The van der Waals surface area contributed by atoms with Crippen LogP contribution < -0.4 is 10.6 Å². The molecule has 8 heteroatoms. The predicted octanol–water partition coefficient (Wildman–Crippen LogP) is 5.10. The molecule has 1 heterocycles. The number of halogens is 2. The number of aryl methyl sites for hydroxylation is 2. The molecular weight excluding hydrogens is 417 g/mol. The molecule has 0 atom stereocenters. The molecular formula is C20H17Cl2N3O2S. The van der Waals surface area contributed by atoms with E-state index in [0.717, 1.165) is 16.8 Å². The number of benzene rings is 2. The number of amides is 2. The topological polar surface area (TPSA) is 71.1 Å². The van der Waals surface area contributed by atoms with Crippen LogP contribution >= 0.6 is 34.5 Å². The van der Waals surface area contributed by atoms with Crippen LogP contribution in [0.1, 0.15) is 21.5 Å². The zero-order valence-electron chi connectivity index (χ0n) is 15.2. The molecule has 1 aromatic heterocycles. The largest absolute Gasteiger partial charge is 0.343 e. The lowest BCUT2D eigenvalue weighted by molar-refractivity contribution is -0.115. The van der Waals surface area contributed by atoms with Gasteiger partial charge in [0.2, 0.25) is 5.91 Å². The molecule has 0 aliphatic rings. The number of aromatic nitrogens is 1. The smallest absolute Gasteiger partial charge is 0.253 e. The van der Waals surface area contributed by atoms with E-state index in [-0.39, 0.29) is 23.0 Å². The number of carbonyl (C=O) groups is 2. The van der Waals surface area contributed by atoms with Crippen molar-refractivity contribution in [3.63, 3.8) is 0 Å². The van der Waals surface area contributed by atoms with Gasteiger partial charge in [0.1, 0.15) is 0 Å². The molecule has 0 unspecified atom stereocenters. The fourth-order valence-electron chi connectivity index (χ4n) is 2.65. The van der Waals surface area contributed by atoms with Gasteiger partial charge in [0.05, 0.1) is 22.8 Å². The van der Waals surface area contributed by atoms with Crippen molar-refractivity contribution in [1.82, 2.24) is 10.3 Å². The molecule has 3 rings (SSSR count). The molecule has 0 bridgehead atoms. The summed E-state index contributed by atoms with van der Waals surface area (Å²) >= 11 is 13.1. The van der Waals surface area contributed by atoms with E-state index in [2.05, 4.69) is 21.7 Å². The average Bonchev–Trinajstić information content (AvgIpc) is 3.07. The summed E-state index contributed by atoms with van der Waals surface area (Å²) in [5.74, 6) is -0.827. The number of carbonyl (C=O) groups excluding carboxylic acids is 2. The minimum Gasteiger partial charge on any atom is -0.343 e. The van der Waals surface area contributed by atoms with Crippen LogP contribution in [0.15, 0.2) is 41.8 Å². The van der Waals surface area contributed by atoms with Crippen LogP contribution in [-0.2, 0) is 4.79 Å². The second-order valence-corrected chi connectivity index (χ2v) is 7.91. The Morgan fingerprint density at radius 2 is 1.89 bits per heavy atom. The molecule has 0 radical (unpaired) electrons. The quantitative estimate of drug-likeness (QED) is 0.587. The van der Waals surface area contributed by atoms with Gasteiger partial charge >= 0.3 is 0 Å². The zero-order valence-corrected chi connectivity index (χ0v) is 17.5. The Hall–Kier alpha value is -2.41. The number of nitrogens with zero attached hydrogens (tertiary/aromatic N) is 1. The van der Waals surface area contributed by atoms with Gasteiger partial charge in [-0.15, -0.1) is 11.3 Å². The van der Waals surface area contributed by atoms with Crippen LogP contribution in [-0.4, -0.2) is 23.3 Å². The Labute approximate surface area is 176 Å². The fraction of sp³-hybridized carbons (Fsp3) is 0.150. The Morgan fingerprint density at radius 3 is 2.61 bits per heavy atom. The number of nitrogens with one attached hydrogen (secondary N) is 2. The number of hydrogen-bond acceptors (Lipinski definition) is 4. The number of thiazole rings is 1. The summed E-state index contributed by atoms with van der Waals surface area (Å²) in [7, 11) is 0. The summed E-state index contributed by atoms with van der Waals surface area (Å²) in [6.07, 6.45) is 0. The summed E-state index contributed by atoms with van der Waals surface area (Å²) < 4.78 is 0. The van der Waals surface area contributed by atoms with Crippen LogP contribution in [0.4, 0.5) is 5.13 Å². The second-order valence-electron chi connectivity index (χ2n) is 6.21. The van der Waals surface area contributed by atoms with Gasteiger partial charge in [-0.3, -0.25) is 9.59 Å². The predicted molar refractivity (Wildman–Crippen MR) is 114 cm³/mol. The van der Waals surface area contributed by atoms with E-state index in [1.165, 1.54) is 29.0 Å². The van der Waals surface area contributed by atoms with Crippen LogP contribution in [0, 0.1) is 13.8 Å². The van der Waals surface area contributed by atoms with Crippen molar-refractivity contribution in [2.24, 2.45) is 0 Å². The molecule has 28 heavy (non-hydrogen) atoms. The van der Waals surface area contributed by atoms with Crippen LogP contribution in [0.2, 0.25) is 10.0 Å². The minimum atomic E-state index is -0.452. The maximum Gasteiger partial charge on any atom is 0.253 e. The average molecular weight is 434 g/mol. The molecule has 0 saturated carbocycles. The third-order valence-electron chi connectivity index (χ3n) is 3.99. The first-order valence-corrected chi connectivity index (χ1v) is 10.0. The Bertz CT molecular complexity index is 1050. The fourth-order valence-corrected chi connectivity index (χ4v) is 3.87. The van der Waals surface area contributed by atoms with Crippen LogP contribution in [0.25, 0.3) is 11.3 Å². The van der Waals surface area contributed by atoms with Crippen molar-refractivity contribution in [3.05, 3.63) is 68.5 Å². The van der Waals surface area contributed by atoms with E-state index in [1.54, 1.807) is 6.07 Å². The van der Waals surface area contributed by atoms with Crippen molar-refractivity contribution in [1.29, 1.82) is 0 Å². The lowest BCUT2D eigenvalue weighted by Crippen LogP contribution is -2.33. The number of rotatable bonds is 5. The highest BCUT2D eigenvalue weighted by atomic mass is 35.5. The highest BCUT2D eigenvalue weighted by molar-refractivity contribution is 7.14.